The van der Waals surface area contributed by atoms with E-state index in [-0.39, 0.29) is 24.2 Å². The van der Waals surface area contributed by atoms with Gasteiger partial charge < -0.3 is 9.84 Å². The number of rotatable bonds is 5. The number of Topliss-reactive ketones (excluding diaryl/α,β-unsaturated/α-hetero) is 1. The van der Waals surface area contributed by atoms with Crippen molar-refractivity contribution in [3.05, 3.63) is 39.9 Å². The summed E-state index contributed by atoms with van der Waals surface area (Å²) in [5.41, 5.74) is -2.51. The number of nitrogens with zero attached hydrogens (tertiary/aromatic N) is 2. The molecule has 27 heavy (non-hydrogen) atoms. The average molecular weight is 378 g/mol. The number of carbonyl (C=O) groups is 3. The van der Waals surface area contributed by atoms with Crippen LogP contribution in [-0.4, -0.2) is 50.5 Å². The van der Waals surface area contributed by atoms with Gasteiger partial charge in [-0.05, 0) is 45.7 Å². The minimum Gasteiger partial charge on any atom is -0.479 e. The maximum Gasteiger partial charge on any atom is 0.411 e. The van der Waals surface area contributed by atoms with Crippen molar-refractivity contribution in [3.63, 3.8) is 0 Å². The lowest BCUT2D eigenvalue weighted by atomic mass is 9.88. The van der Waals surface area contributed by atoms with E-state index in [0.717, 1.165) is 4.90 Å². The lowest BCUT2D eigenvalue weighted by molar-refractivity contribution is -0.384. The Kier molecular flexibility index (Phi) is 5.53. The van der Waals surface area contributed by atoms with Crippen molar-refractivity contribution in [2.45, 2.75) is 51.2 Å². The number of likely N-dealkylation sites (tertiary alicyclic amines) is 1. The Morgan fingerprint density at radius 1 is 1.26 bits per heavy atom. The van der Waals surface area contributed by atoms with Gasteiger partial charge in [0.15, 0.2) is 11.3 Å². The molecule has 1 aliphatic rings. The molecule has 0 unspecified atom stereocenters. The number of hydrogen-bond donors (Lipinski definition) is 1. The number of carboxylic acid groups (broad SMARTS) is 1. The molecule has 1 aromatic rings. The fraction of sp³-hybridized carbons (Fsp3) is 0.500. The zero-order valence-electron chi connectivity index (χ0n) is 15.4. The van der Waals surface area contributed by atoms with E-state index in [9.17, 15) is 29.6 Å². The highest BCUT2D eigenvalue weighted by atomic mass is 16.6. The number of non-ortho nitro benzene ring substituents is 1. The summed E-state index contributed by atoms with van der Waals surface area (Å²) in [6, 6.07) is 4.92. The number of hydrogen-bond acceptors (Lipinski definition) is 6. The van der Waals surface area contributed by atoms with E-state index in [1.807, 2.05) is 0 Å². The Morgan fingerprint density at radius 2 is 1.85 bits per heavy atom. The number of carboxylic acids is 1. The van der Waals surface area contributed by atoms with Crippen molar-refractivity contribution < 1.29 is 29.2 Å². The summed E-state index contributed by atoms with van der Waals surface area (Å²) in [5.74, 6) is -1.79. The van der Waals surface area contributed by atoms with Gasteiger partial charge in [0.1, 0.15) is 5.60 Å². The molecule has 0 bridgehead atoms. The van der Waals surface area contributed by atoms with Crippen molar-refractivity contribution in [2.75, 3.05) is 6.54 Å². The Balaban J connectivity index is 2.27. The third-order valence-electron chi connectivity index (χ3n) is 4.35. The number of ketones is 1. The highest BCUT2D eigenvalue weighted by molar-refractivity contribution is 6.01. The molecule has 9 nitrogen and oxygen atoms in total. The highest BCUT2D eigenvalue weighted by Crippen LogP contribution is 2.35. The van der Waals surface area contributed by atoms with Crippen LogP contribution < -0.4 is 0 Å². The minimum absolute atomic E-state index is 0.125. The zero-order chi connectivity index (χ0) is 20.4. The Bertz CT molecular complexity index is 767. The summed E-state index contributed by atoms with van der Waals surface area (Å²) in [5, 5.41) is 20.5. The number of ether oxygens (including phenoxy) is 1. The molecule has 1 fully saturated rings. The maximum atomic E-state index is 12.6. The first-order valence-electron chi connectivity index (χ1n) is 8.48. The normalized spacial score (nSPS) is 19.6. The van der Waals surface area contributed by atoms with Crippen molar-refractivity contribution in [1.82, 2.24) is 4.90 Å². The van der Waals surface area contributed by atoms with E-state index < -0.39 is 40.3 Å². The molecule has 146 valence electrons. The van der Waals surface area contributed by atoms with Gasteiger partial charge in [-0.3, -0.25) is 19.8 Å². The lowest BCUT2D eigenvalue weighted by Gasteiger charge is -2.35. The molecule has 1 aromatic carbocycles. The number of carbonyl (C=O) groups excluding carboxylic acids is 2. The fourth-order valence-electron chi connectivity index (χ4n) is 3.08. The van der Waals surface area contributed by atoms with Crippen molar-refractivity contribution in [2.24, 2.45) is 0 Å². The summed E-state index contributed by atoms with van der Waals surface area (Å²) in [7, 11) is 0. The molecule has 1 atom stereocenters. The molecule has 0 saturated carbocycles. The standard InChI is InChI=1S/C18H22N2O7/c1-17(2,3)27-16(24)19-10-4-9-18(19,15(22)23)11-14(21)12-5-7-13(8-6-12)20(25)26/h5-8H,4,9-11H2,1-3H3,(H,22,23)/t18-/m0/s1. The first kappa shape index (κ1) is 20.3. The van der Waals surface area contributed by atoms with Crippen LogP contribution in [0, 0.1) is 10.1 Å². The van der Waals surface area contributed by atoms with Crippen LogP contribution in [0.1, 0.15) is 50.4 Å². The number of amides is 1. The van der Waals surface area contributed by atoms with Gasteiger partial charge in [0, 0.05) is 30.7 Å². The summed E-state index contributed by atoms with van der Waals surface area (Å²) >= 11 is 0. The molecule has 0 aromatic heterocycles. The number of nitro benzene ring substituents is 1. The van der Waals surface area contributed by atoms with Crippen LogP contribution in [-0.2, 0) is 9.53 Å². The topological polar surface area (TPSA) is 127 Å². The molecule has 1 heterocycles. The summed E-state index contributed by atoms with van der Waals surface area (Å²) in [6.07, 6.45) is -0.655. The van der Waals surface area contributed by atoms with E-state index in [2.05, 4.69) is 0 Å². The second-order valence-corrected chi connectivity index (χ2v) is 7.48. The van der Waals surface area contributed by atoms with E-state index in [1.54, 1.807) is 20.8 Å². The summed E-state index contributed by atoms with van der Waals surface area (Å²) in [6.45, 7) is 5.19. The zero-order valence-corrected chi connectivity index (χ0v) is 15.4. The van der Waals surface area contributed by atoms with Gasteiger partial charge >= 0.3 is 12.1 Å². The second kappa shape index (κ2) is 7.34. The van der Waals surface area contributed by atoms with Crippen LogP contribution in [0.5, 0.6) is 0 Å². The molecule has 1 N–H and O–H groups in total. The molecule has 1 aliphatic heterocycles. The monoisotopic (exact) mass is 378 g/mol. The predicted octanol–water partition coefficient (Wildman–Crippen LogP) is 3.02. The van der Waals surface area contributed by atoms with E-state index >= 15 is 0 Å². The van der Waals surface area contributed by atoms with Gasteiger partial charge in [0.2, 0.25) is 0 Å². The van der Waals surface area contributed by atoms with Crippen molar-refractivity contribution in [3.8, 4) is 0 Å². The van der Waals surface area contributed by atoms with Crippen LogP contribution >= 0.6 is 0 Å². The Morgan fingerprint density at radius 3 is 2.33 bits per heavy atom. The van der Waals surface area contributed by atoms with Gasteiger partial charge in [-0.1, -0.05) is 0 Å². The van der Waals surface area contributed by atoms with Crippen LogP contribution in [0.4, 0.5) is 10.5 Å². The number of benzene rings is 1. The Labute approximate surface area is 156 Å². The minimum atomic E-state index is -1.69. The first-order chi connectivity index (χ1) is 12.5. The van der Waals surface area contributed by atoms with Crippen LogP contribution in [0.25, 0.3) is 0 Å². The van der Waals surface area contributed by atoms with Gasteiger partial charge in [-0.15, -0.1) is 0 Å². The van der Waals surface area contributed by atoms with E-state index in [1.165, 1.54) is 24.3 Å². The third-order valence-corrected chi connectivity index (χ3v) is 4.35. The number of nitro groups is 1. The lowest BCUT2D eigenvalue weighted by Crippen LogP contribution is -2.55. The van der Waals surface area contributed by atoms with Crippen LogP contribution in [0.2, 0.25) is 0 Å². The molecule has 0 radical (unpaired) electrons. The number of aliphatic carboxylic acids is 1. The quantitative estimate of drug-likeness (QED) is 0.474. The van der Waals surface area contributed by atoms with Gasteiger partial charge in [-0.2, -0.15) is 0 Å². The van der Waals surface area contributed by atoms with E-state index in [0.29, 0.717) is 6.42 Å². The average Bonchev–Trinajstić information content (AvgIpc) is 2.98. The highest BCUT2D eigenvalue weighted by Gasteiger charge is 2.52. The summed E-state index contributed by atoms with van der Waals surface area (Å²) in [4.78, 5) is 48.4. The molecule has 0 spiro atoms. The van der Waals surface area contributed by atoms with E-state index in [4.69, 9.17) is 4.74 Å². The largest absolute Gasteiger partial charge is 0.479 e. The first-order valence-corrected chi connectivity index (χ1v) is 8.48. The molecular weight excluding hydrogens is 356 g/mol. The van der Waals surface area contributed by atoms with Crippen LogP contribution in [0.15, 0.2) is 24.3 Å². The molecule has 2 rings (SSSR count). The molecule has 0 aliphatic carbocycles. The van der Waals surface area contributed by atoms with Gasteiger partial charge in [0.25, 0.3) is 5.69 Å². The maximum absolute atomic E-state index is 12.6. The van der Waals surface area contributed by atoms with Gasteiger partial charge in [0.05, 0.1) is 4.92 Å². The third kappa shape index (κ3) is 4.42. The molecular formula is C18H22N2O7. The van der Waals surface area contributed by atoms with Crippen LogP contribution in [0.3, 0.4) is 0 Å². The predicted molar refractivity (Wildman–Crippen MR) is 94.6 cm³/mol. The van der Waals surface area contributed by atoms with Crippen molar-refractivity contribution >= 4 is 23.5 Å². The van der Waals surface area contributed by atoms with Crippen molar-refractivity contribution in [1.29, 1.82) is 0 Å². The SMILES string of the molecule is CC(C)(C)OC(=O)N1CCC[C@]1(CC(=O)c1ccc([N+](=O)[O-])cc1)C(=O)O. The Hall–Kier alpha value is -2.97. The van der Waals surface area contributed by atoms with Gasteiger partial charge in [-0.25, -0.2) is 9.59 Å². The smallest absolute Gasteiger partial charge is 0.411 e. The molecule has 1 saturated heterocycles. The second-order valence-electron chi connectivity index (χ2n) is 7.48. The summed E-state index contributed by atoms with van der Waals surface area (Å²) < 4.78 is 5.29. The molecule has 9 heteroatoms. The fourth-order valence-corrected chi connectivity index (χ4v) is 3.08. The molecule has 1 amide bonds.